The minimum absolute atomic E-state index is 0.0187. The van der Waals surface area contributed by atoms with Gasteiger partial charge in [-0.25, -0.2) is 22.9 Å². The number of hydrogen-bond donors (Lipinski definition) is 2. The fourth-order valence-corrected chi connectivity index (χ4v) is 6.14. The van der Waals surface area contributed by atoms with Crippen LogP contribution in [0.1, 0.15) is 20.8 Å². The molecule has 0 bridgehead atoms. The SMILES string of the molecule is CNC(=O)N(c1cccc(N=[N+]=[N-])c1)c1cc(S(=O)(=O)NC(C)(C)C)ccc1-c1csc(-c2ccccc2)n1. The normalized spacial score (nSPS) is 11.5. The second-order valence-corrected chi connectivity index (χ2v) is 12.1. The number of rotatable bonds is 7. The predicted molar refractivity (Wildman–Crippen MR) is 155 cm³/mol. The van der Waals surface area contributed by atoms with E-state index in [1.165, 1.54) is 35.4 Å². The molecule has 200 valence electrons. The molecular formula is C27H27N7O3S2. The second kappa shape index (κ2) is 11.3. The van der Waals surface area contributed by atoms with E-state index in [1.54, 1.807) is 51.1 Å². The first-order chi connectivity index (χ1) is 18.5. The third-order valence-corrected chi connectivity index (χ3v) is 8.07. The number of azide groups is 1. The molecule has 0 aliphatic carbocycles. The maximum absolute atomic E-state index is 13.3. The molecule has 0 fully saturated rings. The standard InChI is InChI=1S/C27H27N7O3S2/c1-27(2,3)32-39(36,37)21-13-14-22(23-17-38-25(30-23)18-9-6-5-7-10-18)24(16-21)34(26(35)29-4)20-12-8-11-19(15-20)31-33-28/h5-17,32H,1-4H3,(H,29,35). The van der Waals surface area contributed by atoms with Crippen molar-refractivity contribution in [3.63, 3.8) is 0 Å². The summed E-state index contributed by atoms with van der Waals surface area (Å²) < 4.78 is 29.2. The smallest absolute Gasteiger partial charge is 0.326 e. The molecule has 4 rings (SSSR count). The monoisotopic (exact) mass is 561 g/mol. The Labute approximate surface area is 231 Å². The van der Waals surface area contributed by atoms with Crippen LogP contribution in [-0.2, 0) is 10.0 Å². The Kier molecular flexibility index (Phi) is 8.03. The van der Waals surface area contributed by atoms with Crippen LogP contribution in [-0.4, -0.2) is 32.0 Å². The summed E-state index contributed by atoms with van der Waals surface area (Å²) in [5, 5.41) is 8.91. The van der Waals surface area contributed by atoms with Gasteiger partial charge >= 0.3 is 6.03 Å². The molecule has 39 heavy (non-hydrogen) atoms. The number of urea groups is 1. The molecule has 0 unspecified atom stereocenters. The van der Waals surface area contributed by atoms with Crippen LogP contribution in [0.3, 0.4) is 0 Å². The lowest BCUT2D eigenvalue weighted by atomic mass is 10.1. The van der Waals surface area contributed by atoms with Gasteiger partial charge in [-0.05, 0) is 56.6 Å². The molecule has 4 aromatic rings. The van der Waals surface area contributed by atoms with Gasteiger partial charge in [0.05, 0.1) is 22.0 Å². The fourth-order valence-electron chi connectivity index (χ4n) is 3.88. The van der Waals surface area contributed by atoms with Crippen molar-refractivity contribution in [3.05, 3.63) is 88.6 Å². The minimum atomic E-state index is -3.93. The molecule has 0 aliphatic rings. The molecule has 0 saturated heterocycles. The number of amides is 2. The summed E-state index contributed by atoms with van der Waals surface area (Å²) in [7, 11) is -2.46. The number of sulfonamides is 1. The minimum Gasteiger partial charge on any atom is -0.340 e. The molecule has 0 atom stereocenters. The van der Waals surface area contributed by atoms with Crippen LogP contribution in [0.2, 0.25) is 0 Å². The van der Waals surface area contributed by atoms with E-state index in [-0.39, 0.29) is 10.6 Å². The van der Waals surface area contributed by atoms with Gasteiger partial charge in [0, 0.05) is 39.7 Å². The van der Waals surface area contributed by atoms with Crippen LogP contribution in [0.15, 0.2) is 88.2 Å². The van der Waals surface area contributed by atoms with E-state index < -0.39 is 21.6 Å². The van der Waals surface area contributed by atoms with Crippen molar-refractivity contribution in [3.8, 4) is 21.8 Å². The van der Waals surface area contributed by atoms with E-state index in [1.807, 2.05) is 35.7 Å². The summed E-state index contributed by atoms with van der Waals surface area (Å²) in [5.74, 6) is 0. The summed E-state index contributed by atoms with van der Waals surface area (Å²) >= 11 is 1.44. The Bertz CT molecular complexity index is 1660. The highest BCUT2D eigenvalue weighted by Gasteiger charge is 2.27. The average molecular weight is 562 g/mol. The molecule has 2 amide bonds. The maximum atomic E-state index is 13.3. The third-order valence-electron chi connectivity index (χ3n) is 5.43. The highest BCUT2D eigenvalue weighted by Crippen LogP contribution is 2.39. The first-order valence-electron chi connectivity index (χ1n) is 11.9. The number of nitrogens with one attached hydrogen (secondary N) is 2. The van der Waals surface area contributed by atoms with Gasteiger partial charge in [0.1, 0.15) is 5.01 Å². The van der Waals surface area contributed by atoms with Gasteiger partial charge in [-0.15, -0.1) is 11.3 Å². The summed E-state index contributed by atoms with van der Waals surface area (Å²) in [4.78, 5) is 22.3. The Morgan fingerprint density at radius 2 is 1.79 bits per heavy atom. The molecule has 2 N–H and O–H groups in total. The fraction of sp³-hybridized carbons (Fsp3) is 0.185. The number of thiazole rings is 1. The lowest BCUT2D eigenvalue weighted by Crippen LogP contribution is -2.40. The molecule has 0 spiro atoms. The van der Waals surface area contributed by atoms with Crippen LogP contribution in [0.4, 0.5) is 21.9 Å². The van der Waals surface area contributed by atoms with E-state index in [2.05, 4.69) is 20.1 Å². The zero-order valence-corrected chi connectivity index (χ0v) is 23.4. The number of aromatic nitrogens is 1. The van der Waals surface area contributed by atoms with Gasteiger partial charge in [-0.3, -0.25) is 4.90 Å². The molecule has 1 aromatic heterocycles. The van der Waals surface area contributed by atoms with Gasteiger partial charge in [0.2, 0.25) is 10.0 Å². The molecule has 10 nitrogen and oxygen atoms in total. The van der Waals surface area contributed by atoms with Gasteiger partial charge < -0.3 is 5.32 Å². The molecule has 12 heteroatoms. The summed E-state index contributed by atoms with van der Waals surface area (Å²) in [6, 6.07) is 20.2. The number of hydrogen-bond acceptors (Lipinski definition) is 6. The Morgan fingerprint density at radius 1 is 1.05 bits per heavy atom. The molecule has 0 radical (unpaired) electrons. The van der Waals surface area contributed by atoms with Gasteiger partial charge in [0.15, 0.2) is 0 Å². The van der Waals surface area contributed by atoms with Crippen molar-refractivity contribution in [1.29, 1.82) is 0 Å². The molecule has 1 heterocycles. The highest BCUT2D eigenvalue weighted by atomic mass is 32.2. The van der Waals surface area contributed by atoms with E-state index in [0.29, 0.717) is 22.6 Å². The zero-order valence-electron chi connectivity index (χ0n) is 21.8. The van der Waals surface area contributed by atoms with Crippen molar-refractivity contribution < 1.29 is 13.2 Å². The Balaban J connectivity index is 1.95. The van der Waals surface area contributed by atoms with Crippen LogP contribution >= 0.6 is 11.3 Å². The van der Waals surface area contributed by atoms with Gasteiger partial charge in [-0.1, -0.05) is 47.6 Å². The topological polar surface area (TPSA) is 140 Å². The Hall–Kier alpha value is -4.22. The highest BCUT2D eigenvalue weighted by molar-refractivity contribution is 7.89. The number of nitrogens with zero attached hydrogens (tertiary/aromatic N) is 5. The quantitative estimate of drug-likeness (QED) is 0.143. The third kappa shape index (κ3) is 6.44. The van der Waals surface area contributed by atoms with Crippen molar-refractivity contribution in [1.82, 2.24) is 15.0 Å². The lowest BCUT2D eigenvalue weighted by Gasteiger charge is -2.26. The van der Waals surface area contributed by atoms with Gasteiger partial charge in [-0.2, -0.15) is 0 Å². The molecular weight excluding hydrogens is 534 g/mol. The van der Waals surface area contributed by atoms with E-state index in [9.17, 15) is 13.2 Å². The maximum Gasteiger partial charge on any atom is 0.326 e. The summed E-state index contributed by atoms with van der Waals surface area (Å²) in [6.07, 6.45) is 0. The lowest BCUT2D eigenvalue weighted by molar-refractivity contribution is 0.250. The molecule has 0 aliphatic heterocycles. The van der Waals surface area contributed by atoms with Crippen molar-refractivity contribution in [2.75, 3.05) is 11.9 Å². The van der Waals surface area contributed by atoms with Crippen LogP contribution in [0.5, 0.6) is 0 Å². The summed E-state index contributed by atoms with van der Waals surface area (Å²) in [6.45, 7) is 5.24. The van der Waals surface area contributed by atoms with Crippen molar-refractivity contribution in [2.24, 2.45) is 5.11 Å². The number of benzene rings is 3. The molecule has 0 saturated carbocycles. The summed E-state index contributed by atoms with van der Waals surface area (Å²) in [5.41, 5.74) is 11.2. The zero-order chi connectivity index (χ0) is 28.2. The first kappa shape index (κ1) is 27.8. The van der Waals surface area contributed by atoms with Crippen molar-refractivity contribution >= 4 is 44.5 Å². The first-order valence-corrected chi connectivity index (χ1v) is 14.2. The van der Waals surface area contributed by atoms with Crippen LogP contribution in [0, 0.1) is 0 Å². The van der Waals surface area contributed by atoms with E-state index >= 15 is 0 Å². The van der Waals surface area contributed by atoms with Gasteiger partial charge in [0.25, 0.3) is 0 Å². The molecule has 3 aromatic carbocycles. The Morgan fingerprint density at radius 3 is 2.46 bits per heavy atom. The van der Waals surface area contributed by atoms with E-state index in [4.69, 9.17) is 10.5 Å². The van der Waals surface area contributed by atoms with Crippen molar-refractivity contribution in [2.45, 2.75) is 31.2 Å². The van der Waals surface area contributed by atoms with Crippen LogP contribution in [0.25, 0.3) is 32.3 Å². The van der Waals surface area contributed by atoms with E-state index in [0.717, 1.165) is 10.6 Å². The number of carbonyl (C=O) groups is 1. The second-order valence-electron chi connectivity index (χ2n) is 9.54. The number of anilines is 2. The van der Waals surface area contributed by atoms with Crippen LogP contribution < -0.4 is 14.9 Å². The number of carbonyl (C=O) groups excluding carboxylic acids is 1. The predicted octanol–water partition coefficient (Wildman–Crippen LogP) is 6.97. The average Bonchev–Trinajstić information content (AvgIpc) is 3.38. The largest absolute Gasteiger partial charge is 0.340 e.